The normalized spacial score (nSPS) is 11.1. The Labute approximate surface area is 121 Å². The summed E-state index contributed by atoms with van der Waals surface area (Å²) in [5.41, 5.74) is 0.916. The number of benzene rings is 1. The molecule has 2 N–H and O–H groups in total. The van der Waals surface area contributed by atoms with Gasteiger partial charge in [0, 0.05) is 24.8 Å². The largest absolute Gasteiger partial charge is 0.493 e. The number of nitrogens with zero attached hydrogens (tertiary/aromatic N) is 1. The van der Waals surface area contributed by atoms with Crippen molar-refractivity contribution in [2.24, 2.45) is 4.99 Å². The van der Waals surface area contributed by atoms with Gasteiger partial charge in [-0.2, -0.15) is 0 Å². The quantitative estimate of drug-likeness (QED) is 0.458. The van der Waals surface area contributed by atoms with E-state index in [1.165, 1.54) is 0 Å². The zero-order chi connectivity index (χ0) is 14.8. The second-order valence-electron chi connectivity index (χ2n) is 4.31. The molecule has 5 nitrogen and oxygen atoms in total. The standard InChI is InChI=1S/C15H25N3O2/c1-5-7-10-17-15(16-6-2)18-12-8-9-13(19-3)14(11-12)20-4/h8-9,11H,5-7,10H2,1-4H3,(H2,16,17,18). The molecule has 1 aromatic rings. The van der Waals surface area contributed by atoms with Crippen molar-refractivity contribution in [1.82, 2.24) is 5.32 Å². The van der Waals surface area contributed by atoms with Crippen molar-refractivity contribution in [2.75, 3.05) is 32.6 Å². The second-order valence-corrected chi connectivity index (χ2v) is 4.31. The Morgan fingerprint density at radius 3 is 2.50 bits per heavy atom. The Kier molecular flexibility index (Phi) is 7.32. The number of rotatable bonds is 7. The summed E-state index contributed by atoms with van der Waals surface area (Å²) in [6.07, 6.45) is 2.22. The van der Waals surface area contributed by atoms with E-state index in [9.17, 15) is 0 Å². The average Bonchev–Trinajstić information content (AvgIpc) is 2.47. The molecule has 0 unspecified atom stereocenters. The number of anilines is 1. The Hall–Kier alpha value is -1.91. The third-order valence-corrected chi connectivity index (χ3v) is 2.77. The van der Waals surface area contributed by atoms with Gasteiger partial charge in [-0.3, -0.25) is 4.99 Å². The lowest BCUT2D eigenvalue weighted by molar-refractivity contribution is 0.355. The fraction of sp³-hybridized carbons (Fsp3) is 0.533. The van der Waals surface area contributed by atoms with Crippen LogP contribution in [-0.4, -0.2) is 33.3 Å². The molecule has 0 aliphatic heterocycles. The van der Waals surface area contributed by atoms with Crippen molar-refractivity contribution in [3.63, 3.8) is 0 Å². The maximum absolute atomic E-state index is 5.29. The fourth-order valence-corrected chi connectivity index (χ4v) is 1.71. The number of hydrogen-bond donors (Lipinski definition) is 2. The van der Waals surface area contributed by atoms with Crippen LogP contribution in [0.4, 0.5) is 5.69 Å². The van der Waals surface area contributed by atoms with Crippen LogP contribution in [0.1, 0.15) is 26.7 Å². The third kappa shape index (κ3) is 4.99. The molecule has 0 saturated heterocycles. The molecule has 0 saturated carbocycles. The fourth-order valence-electron chi connectivity index (χ4n) is 1.71. The molecule has 0 aromatic heterocycles. The van der Waals surface area contributed by atoms with Gasteiger partial charge in [0.25, 0.3) is 0 Å². The van der Waals surface area contributed by atoms with Gasteiger partial charge in [-0.15, -0.1) is 0 Å². The lowest BCUT2D eigenvalue weighted by Crippen LogP contribution is -2.30. The van der Waals surface area contributed by atoms with Crippen LogP contribution < -0.4 is 20.1 Å². The molecular weight excluding hydrogens is 254 g/mol. The average molecular weight is 279 g/mol. The van der Waals surface area contributed by atoms with Gasteiger partial charge in [0.2, 0.25) is 0 Å². The molecule has 0 aliphatic rings. The van der Waals surface area contributed by atoms with Crippen molar-refractivity contribution < 1.29 is 9.47 Å². The molecule has 112 valence electrons. The first kappa shape index (κ1) is 16.1. The van der Waals surface area contributed by atoms with Gasteiger partial charge in [0.15, 0.2) is 17.5 Å². The molecular formula is C15H25N3O2. The van der Waals surface area contributed by atoms with Crippen molar-refractivity contribution in [2.45, 2.75) is 26.7 Å². The Morgan fingerprint density at radius 1 is 1.15 bits per heavy atom. The predicted molar refractivity (Wildman–Crippen MR) is 84.1 cm³/mol. The maximum Gasteiger partial charge on any atom is 0.195 e. The minimum Gasteiger partial charge on any atom is -0.493 e. The number of aliphatic imine (C=N–C) groups is 1. The minimum absolute atomic E-state index is 0.696. The first-order valence-electron chi connectivity index (χ1n) is 7.02. The van der Waals surface area contributed by atoms with Gasteiger partial charge >= 0.3 is 0 Å². The number of methoxy groups -OCH3 is 2. The summed E-state index contributed by atoms with van der Waals surface area (Å²) in [6.45, 7) is 5.85. The van der Waals surface area contributed by atoms with Crippen LogP contribution in [0.2, 0.25) is 0 Å². The molecule has 0 bridgehead atoms. The van der Waals surface area contributed by atoms with E-state index in [1.807, 2.05) is 25.1 Å². The first-order valence-corrected chi connectivity index (χ1v) is 7.02. The number of unbranched alkanes of at least 4 members (excludes halogenated alkanes) is 1. The van der Waals surface area contributed by atoms with Crippen molar-refractivity contribution >= 4 is 11.6 Å². The summed E-state index contributed by atoms with van der Waals surface area (Å²) in [5.74, 6) is 2.20. The Bertz CT molecular complexity index is 433. The van der Waals surface area contributed by atoms with Gasteiger partial charge in [0.05, 0.1) is 14.2 Å². The first-order chi connectivity index (χ1) is 9.74. The van der Waals surface area contributed by atoms with Gasteiger partial charge in [-0.25, -0.2) is 0 Å². The molecule has 1 rings (SSSR count). The molecule has 0 fully saturated rings. The van der Waals surface area contributed by atoms with Crippen LogP contribution in [-0.2, 0) is 0 Å². The van der Waals surface area contributed by atoms with Crippen LogP contribution in [0.5, 0.6) is 11.5 Å². The molecule has 1 aromatic carbocycles. The number of guanidine groups is 1. The highest BCUT2D eigenvalue weighted by Gasteiger charge is 2.05. The van der Waals surface area contributed by atoms with Crippen LogP contribution in [0.25, 0.3) is 0 Å². The lowest BCUT2D eigenvalue weighted by Gasteiger charge is -2.13. The van der Waals surface area contributed by atoms with E-state index < -0.39 is 0 Å². The minimum atomic E-state index is 0.696. The predicted octanol–water partition coefficient (Wildman–Crippen LogP) is 2.88. The molecule has 0 spiro atoms. The maximum atomic E-state index is 5.29. The monoisotopic (exact) mass is 279 g/mol. The van der Waals surface area contributed by atoms with Crippen molar-refractivity contribution in [1.29, 1.82) is 0 Å². The van der Waals surface area contributed by atoms with E-state index in [0.29, 0.717) is 11.5 Å². The topological polar surface area (TPSA) is 54.9 Å². The van der Waals surface area contributed by atoms with E-state index in [4.69, 9.17) is 9.47 Å². The van der Waals surface area contributed by atoms with Crippen molar-refractivity contribution in [3.05, 3.63) is 18.2 Å². The molecule has 0 aliphatic carbocycles. The molecule has 0 amide bonds. The molecule has 0 heterocycles. The van der Waals surface area contributed by atoms with Crippen molar-refractivity contribution in [3.8, 4) is 11.5 Å². The summed E-state index contributed by atoms with van der Waals surface area (Å²) in [7, 11) is 3.25. The summed E-state index contributed by atoms with van der Waals surface area (Å²) in [4.78, 5) is 4.52. The SMILES string of the molecule is CCCCN=C(NCC)Nc1ccc(OC)c(OC)c1. The van der Waals surface area contributed by atoms with Crippen LogP contribution in [0.3, 0.4) is 0 Å². The second kappa shape index (κ2) is 9.07. The van der Waals surface area contributed by atoms with E-state index >= 15 is 0 Å². The van der Waals surface area contributed by atoms with Crippen LogP contribution in [0, 0.1) is 0 Å². The summed E-state index contributed by atoms with van der Waals surface area (Å²) in [5, 5.41) is 6.49. The summed E-state index contributed by atoms with van der Waals surface area (Å²) in [6, 6.07) is 5.70. The summed E-state index contributed by atoms with van der Waals surface area (Å²) >= 11 is 0. The smallest absolute Gasteiger partial charge is 0.195 e. The van der Waals surface area contributed by atoms with Crippen LogP contribution in [0.15, 0.2) is 23.2 Å². The van der Waals surface area contributed by atoms with Gasteiger partial charge in [-0.05, 0) is 25.5 Å². The Balaban J connectivity index is 2.79. The highest BCUT2D eigenvalue weighted by molar-refractivity contribution is 5.93. The van der Waals surface area contributed by atoms with E-state index in [1.54, 1.807) is 14.2 Å². The Morgan fingerprint density at radius 2 is 1.90 bits per heavy atom. The molecule has 0 radical (unpaired) electrons. The van der Waals surface area contributed by atoms with Gasteiger partial charge in [-0.1, -0.05) is 13.3 Å². The van der Waals surface area contributed by atoms with E-state index in [0.717, 1.165) is 37.6 Å². The highest BCUT2D eigenvalue weighted by atomic mass is 16.5. The highest BCUT2D eigenvalue weighted by Crippen LogP contribution is 2.29. The van der Waals surface area contributed by atoms with Gasteiger partial charge in [0.1, 0.15) is 0 Å². The van der Waals surface area contributed by atoms with E-state index in [-0.39, 0.29) is 0 Å². The number of nitrogens with one attached hydrogen (secondary N) is 2. The molecule has 20 heavy (non-hydrogen) atoms. The summed E-state index contributed by atoms with van der Waals surface area (Å²) < 4.78 is 10.5. The number of ether oxygens (including phenoxy) is 2. The number of hydrogen-bond acceptors (Lipinski definition) is 3. The molecule has 5 heteroatoms. The van der Waals surface area contributed by atoms with Gasteiger partial charge < -0.3 is 20.1 Å². The third-order valence-electron chi connectivity index (χ3n) is 2.77. The zero-order valence-electron chi connectivity index (χ0n) is 12.8. The zero-order valence-corrected chi connectivity index (χ0v) is 12.8. The lowest BCUT2D eigenvalue weighted by atomic mass is 10.2. The van der Waals surface area contributed by atoms with Crippen LogP contribution >= 0.6 is 0 Å². The molecule has 0 atom stereocenters. The van der Waals surface area contributed by atoms with E-state index in [2.05, 4.69) is 22.5 Å².